The molecule has 0 unspecified atom stereocenters. The molecule has 7 rings (SSSR count). The predicted molar refractivity (Wildman–Crippen MR) is 181 cm³/mol. The molecular formula is C37H33N3O5S2. The van der Waals surface area contributed by atoms with E-state index in [9.17, 15) is 14.7 Å². The molecule has 0 bridgehead atoms. The first kappa shape index (κ1) is 31.4. The molecule has 8 nitrogen and oxygen atoms in total. The quantitative estimate of drug-likeness (QED) is 0.129. The van der Waals surface area contributed by atoms with Gasteiger partial charge in [0.15, 0.2) is 10.6 Å². The number of fused-ring (bicyclic) bond motifs is 1. The average Bonchev–Trinajstić information content (AvgIpc) is 3.64. The van der Waals surface area contributed by atoms with Gasteiger partial charge in [0.2, 0.25) is 0 Å². The highest BCUT2D eigenvalue weighted by atomic mass is 32.2. The minimum absolute atomic E-state index is 0.0125. The largest absolute Gasteiger partial charge is 0.392 e. The van der Waals surface area contributed by atoms with Crippen molar-refractivity contribution in [3.8, 4) is 11.1 Å². The Bertz CT molecular complexity index is 1880. The van der Waals surface area contributed by atoms with E-state index in [1.165, 1.54) is 4.90 Å². The summed E-state index contributed by atoms with van der Waals surface area (Å²) in [6.07, 6.45) is -0.938. The number of aryl methyl sites for hydroxylation is 1. The average molecular weight is 664 g/mol. The fourth-order valence-corrected chi connectivity index (χ4v) is 8.12. The first-order valence-electron chi connectivity index (χ1n) is 15.5. The molecule has 0 spiro atoms. The summed E-state index contributed by atoms with van der Waals surface area (Å²) in [6.45, 7) is 4.26. The maximum Gasteiger partial charge on any atom is 0.261 e. The smallest absolute Gasteiger partial charge is 0.261 e. The van der Waals surface area contributed by atoms with Gasteiger partial charge in [0.05, 0.1) is 36.5 Å². The van der Waals surface area contributed by atoms with Crippen LogP contribution in [0.25, 0.3) is 11.1 Å². The summed E-state index contributed by atoms with van der Waals surface area (Å²) in [6, 6.07) is 30.8. The highest BCUT2D eigenvalue weighted by Crippen LogP contribution is 2.43. The molecule has 47 heavy (non-hydrogen) atoms. The molecular weight excluding hydrogens is 631 g/mol. The van der Waals surface area contributed by atoms with Gasteiger partial charge >= 0.3 is 0 Å². The number of ether oxygens (including phenoxy) is 2. The third-order valence-electron chi connectivity index (χ3n) is 8.72. The fourth-order valence-electron chi connectivity index (χ4n) is 6.11. The third-order valence-corrected chi connectivity index (χ3v) is 10.8. The number of carbonyl (C=O) groups excluding carboxylic acids is 2. The van der Waals surface area contributed by atoms with E-state index in [4.69, 9.17) is 9.47 Å². The lowest BCUT2D eigenvalue weighted by Gasteiger charge is -2.41. The van der Waals surface area contributed by atoms with Gasteiger partial charge in [-0.15, -0.1) is 10.2 Å². The van der Waals surface area contributed by atoms with Gasteiger partial charge in [-0.2, -0.15) is 0 Å². The number of benzene rings is 4. The van der Waals surface area contributed by atoms with Crippen molar-refractivity contribution in [1.82, 2.24) is 15.1 Å². The van der Waals surface area contributed by atoms with E-state index in [1.54, 1.807) is 47.4 Å². The molecule has 3 heterocycles. The first-order chi connectivity index (χ1) is 22.9. The number of amides is 2. The lowest BCUT2D eigenvalue weighted by atomic mass is 9.91. The van der Waals surface area contributed by atoms with Gasteiger partial charge in [0.1, 0.15) is 5.01 Å². The first-order valence-corrected chi connectivity index (χ1v) is 17.3. The summed E-state index contributed by atoms with van der Waals surface area (Å²) in [5.41, 5.74) is 6.43. The van der Waals surface area contributed by atoms with Gasteiger partial charge in [-0.25, -0.2) is 0 Å². The van der Waals surface area contributed by atoms with Gasteiger partial charge < -0.3 is 14.6 Å². The van der Waals surface area contributed by atoms with E-state index in [0.29, 0.717) is 16.9 Å². The molecule has 1 fully saturated rings. The van der Waals surface area contributed by atoms with Crippen molar-refractivity contribution >= 4 is 34.9 Å². The Hall–Kier alpha value is -4.19. The number of carbonyl (C=O) groups is 2. The molecule has 1 saturated heterocycles. The van der Waals surface area contributed by atoms with Crippen LogP contribution in [0.3, 0.4) is 0 Å². The zero-order chi connectivity index (χ0) is 32.5. The second-order valence-corrected chi connectivity index (χ2v) is 14.2. The van der Waals surface area contributed by atoms with Crippen LogP contribution in [0.5, 0.6) is 0 Å². The summed E-state index contributed by atoms with van der Waals surface area (Å²) in [5, 5.41) is 18.9. The number of nitrogens with zero attached hydrogens (tertiary/aromatic N) is 3. The molecule has 10 heteroatoms. The Labute approximate surface area is 281 Å². The Morgan fingerprint density at radius 2 is 1.45 bits per heavy atom. The molecule has 4 atom stereocenters. The normalized spacial score (nSPS) is 20.9. The van der Waals surface area contributed by atoms with Gasteiger partial charge in [-0.3, -0.25) is 14.5 Å². The molecule has 1 N–H and O–H groups in total. The van der Waals surface area contributed by atoms with Crippen molar-refractivity contribution < 1.29 is 24.2 Å². The van der Waals surface area contributed by atoms with Crippen molar-refractivity contribution in [2.45, 2.75) is 49.8 Å². The number of hydrogen-bond acceptors (Lipinski definition) is 9. The van der Waals surface area contributed by atoms with Gasteiger partial charge in [-0.05, 0) is 46.9 Å². The molecule has 2 amide bonds. The second kappa shape index (κ2) is 13.5. The van der Waals surface area contributed by atoms with Crippen LogP contribution in [0.1, 0.15) is 67.3 Å². The van der Waals surface area contributed by atoms with Crippen molar-refractivity contribution in [2.24, 2.45) is 5.92 Å². The van der Waals surface area contributed by atoms with Crippen molar-refractivity contribution in [1.29, 1.82) is 0 Å². The van der Waals surface area contributed by atoms with Crippen LogP contribution < -0.4 is 0 Å². The Morgan fingerprint density at radius 3 is 2.09 bits per heavy atom. The number of imide groups is 1. The van der Waals surface area contributed by atoms with E-state index in [-0.39, 0.29) is 43.1 Å². The molecule has 0 aliphatic carbocycles. The molecule has 1 aromatic heterocycles. The molecule has 5 aromatic rings. The Balaban J connectivity index is 1.13. The number of hydrogen-bond donors (Lipinski definition) is 1. The fraction of sp³-hybridized carbons (Fsp3) is 0.243. The number of thioether (sulfide) groups is 1. The maximum absolute atomic E-state index is 13.1. The molecule has 2 aliphatic heterocycles. The number of aliphatic hydroxyl groups excluding tert-OH is 1. The Morgan fingerprint density at radius 1 is 0.809 bits per heavy atom. The lowest BCUT2D eigenvalue weighted by Crippen LogP contribution is -2.38. The minimum Gasteiger partial charge on any atom is -0.392 e. The summed E-state index contributed by atoms with van der Waals surface area (Å²) in [4.78, 5) is 27.5. The zero-order valence-corrected chi connectivity index (χ0v) is 27.5. The maximum atomic E-state index is 13.1. The molecule has 0 saturated carbocycles. The Kier molecular flexibility index (Phi) is 9.02. The third kappa shape index (κ3) is 6.39. The lowest BCUT2D eigenvalue weighted by molar-refractivity contribution is -0.268. The van der Waals surface area contributed by atoms with E-state index >= 15 is 0 Å². The highest BCUT2D eigenvalue weighted by molar-refractivity contribution is 8.01. The predicted octanol–water partition coefficient (Wildman–Crippen LogP) is 7.39. The summed E-state index contributed by atoms with van der Waals surface area (Å²) in [7, 11) is 0. The minimum atomic E-state index is -0.599. The van der Waals surface area contributed by atoms with Crippen molar-refractivity contribution in [2.75, 3.05) is 5.75 Å². The molecule has 238 valence electrons. The summed E-state index contributed by atoms with van der Waals surface area (Å²) >= 11 is 3.22. The summed E-state index contributed by atoms with van der Waals surface area (Å²) < 4.78 is 14.2. The number of aromatic nitrogens is 2. The highest BCUT2D eigenvalue weighted by Gasteiger charge is 2.39. The molecule has 4 aromatic carbocycles. The van der Waals surface area contributed by atoms with E-state index in [1.807, 2.05) is 79.7 Å². The van der Waals surface area contributed by atoms with Crippen LogP contribution in [-0.4, -0.2) is 43.9 Å². The van der Waals surface area contributed by atoms with Gasteiger partial charge in [0.25, 0.3) is 11.8 Å². The van der Waals surface area contributed by atoms with E-state index in [0.717, 1.165) is 42.7 Å². The van der Waals surface area contributed by atoms with Gasteiger partial charge in [0, 0.05) is 17.2 Å². The van der Waals surface area contributed by atoms with E-state index in [2.05, 4.69) is 17.1 Å². The van der Waals surface area contributed by atoms with Crippen LogP contribution in [-0.2, 0) is 22.6 Å². The monoisotopic (exact) mass is 663 g/mol. The molecule has 0 radical (unpaired) electrons. The second-order valence-electron chi connectivity index (χ2n) is 11.7. The summed E-state index contributed by atoms with van der Waals surface area (Å²) in [5.74, 6) is 0.211. The van der Waals surface area contributed by atoms with Crippen molar-refractivity contribution in [3.63, 3.8) is 0 Å². The SMILES string of the molecule is Cc1nnc(SC[C@H]2O[C@@H](c3ccc(-c4ccccc4CN4C(=O)c5ccccc5C4=O)cc3)O[C@@H](c3ccc(CO)cc3)[C@H]2C)s1. The number of rotatable bonds is 9. The van der Waals surface area contributed by atoms with Crippen LogP contribution in [0, 0.1) is 12.8 Å². The number of aliphatic hydroxyl groups is 1. The van der Waals surface area contributed by atoms with Crippen molar-refractivity contribution in [3.05, 3.63) is 135 Å². The van der Waals surface area contributed by atoms with Crippen LogP contribution in [0.2, 0.25) is 0 Å². The zero-order valence-electron chi connectivity index (χ0n) is 25.9. The topological polar surface area (TPSA) is 102 Å². The van der Waals surface area contributed by atoms with Crippen LogP contribution in [0.15, 0.2) is 101 Å². The standard InChI is InChI=1S/C37H33N3O5S2/c1-22-32(21-46-37-39-38-23(2)47-37)44-36(45-33(22)26-13-11-24(20-41)12-14-26)27-17-15-25(16-18-27)29-8-4-3-7-28(29)19-40-34(42)30-9-5-6-10-31(30)35(40)43/h3-18,22,32-33,36,41H,19-21H2,1-2H3/t22-,32+,33+,36+/m0/s1. The van der Waals surface area contributed by atoms with Crippen LogP contribution in [0.4, 0.5) is 0 Å². The van der Waals surface area contributed by atoms with Crippen LogP contribution >= 0.6 is 23.1 Å². The van der Waals surface area contributed by atoms with Gasteiger partial charge in [-0.1, -0.05) is 115 Å². The molecule has 2 aliphatic rings. The van der Waals surface area contributed by atoms with E-state index < -0.39 is 6.29 Å².